The van der Waals surface area contributed by atoms with Crippen LogP contribution in [0.5, 0.6) is 5.75 Å². The van der Waals surface area contributed by atoms with E-state index in [0.717, 1.165) is 29.8 Å². The molecule has 0 amide bonds. The minimum Gasteiger partial charge on any atom is -0.497 e. The Balaban J connectivity index is 2.36. The van der Waals surface area contributed by atoms with Crippen LogP contribution in [0, 0.1) is 5.82 Å². The van der Waals surface area contributed by atoms with Gasteiger partial charge in [0.2, 0.25) is 0 Å². The molecule has 0 bridgehead atoms. The molecular weight excluding hydrogens is 289 g/mol. The highest BCUT2D eigenvalue weighted by molar-refractivity contribution is 6.31. The molecular formula is C17H19ClFNO. The van der Waals surface area contributed by atoms with Crippen molar-refractivity contribution in [3.8, 4) is 5.75 Å². The van der Waals surface area contributed by atoms with Crippen molar-refractivity contribution in [3.05, 3.63) is 64.4 Å². The number of ether oxygens (including phenoxy) is 1. The molecule has 0 aliphatic rings. The van der Waals surface area contributed by atoms with Crippen molar-refractivity contribution in [3.63, 3.8) is 0 Å². The summed E-state index contributed by atoms with van der Waals surface area (Å²) in [5.41, 5.74) is 1.94. The summed E-state index contributed by atoms with van der Waals surface area (Å²) >= 11 is 6.21. The van der Waals surface area contributed by atoms with Gasteiger partial charge in [-0.05, 0) is 48.4 Å². The topological polar surface area (TPSA) is 21.3 Å². The zero-order valence-electron chi connectivity index (χ0n) is 12.2. The highest BCUT2D eigenvalue weighted by Gasteiger charge is 2.16. The van der Waals surface area contributed by atoms with E-state index in [0.29, 0.717) is 5.02 Å². The van der Waals surface area contributed by atoms with Crippen LogP contribution in [0.1, 0.15) is 30.5 Å². The first-order valence-corrected chi connectivity index (χ1v) is 7.35. The lowest BCUT2D eigenvalue weighted by atomic mass is 9.98. The van der Waals surface area contributed by atoms with E-state index < -0.39 is 0 Å². The van der Waals surface area contributed by atoms with Crippen molar-refractivity contribution in [2.45, 2.75) is 19.4 Å². The van der Waals surface area contributed by atoms with E-state index in [2.05, 4.69) is 12.2 Å². The van der Waals surface area contributed by atoms with Crippen LogP contribution < -0.4 is 10.1 Å². The second-order valence-corrected chi connectivity index (χ2v) is 5.23. The van der Waals surface area contributed by atoms with Crippen LogP contribution in [-0.2, 0) is 0 Å². The minimum atomic E-state index is -0.326. The maximum Gasteiger partial charge on any atom is 0.124 e. The lowest BCUT2D eigenvalue weighted by Gasteiger charge is -2.21. The summed E-state index contributed by atoms with van der Waals surface area (Å²) in [6, 6.07) is 12.3. The van der Waals surface area contributed by atoms with Crippen molar-refractivity contribution >= 4 is 11.6 Å². The summed E-state index contributed by atoms with van der Waals surface area (Å²) in [6.45, 7) is 2.95. The molecule has 2 aromatic carbocycles. The summed E-state index contributed by atoms with van der Waals surface area (Å²) in [4.78, 5) is 0. The molecule has 0 saturated heterocycles. The molecule has 2 rings (SSSR count). The van der Waals surface area contributed by atoms with Gasteiger partial charge in [0.1, 0.15) is 11.6 Å². The van der Waals surface area contributed by atoms with Crippen LogP contribution in [-0.4, -0.2) is 13.7 Å². The molecule has 2 aromatic rings. The lowest BCUT2D eigenvalue weighted by Crippen LogP contribution is -2.23. The monoisotopic (exact) mass is 307 g/mol. The highest BCUT2D eigenvalue weighted by atomic mass is 35.5. The largest absolute Gasteiger partial charge is 0.497 e. The summed E-state index contributed by atoms with van der Waals surface area (Å²) in [5.74, 6) is 0.478. The molecule has 0 spiro atoms. The molecule has 0 radical (unpaired) electrons. The van der Waals surface area contributed by atoms with Crippen molar-refractivity contribution in [2.24, 2.45) is 0 Å². The van der Waals surface area contributed by atoms with Gasteiger partial charge in [0.15, 0.2) is 0 Å². The average Bonchev–Trinajstić information content (AvgIpc) is 2.50. The summed E-state index contributed by atoms with van der Waals surface area (Å²) < 4.78 is 18.4. The van der Waals surface area contributed by atoms with E-state index in [1.54, 1.807) is 13.2 Å². The van der Waals surface area contributed by atoms with Crippen molar-refractivity contribution < 1.29 is 9.13 Å². The molecule has 1 unspecified atom stereocenters. The van der Waals surface area contributed by atoms with Crippen molar-refractivity contribution in [1.82, 2.24) is 5.32 Å². The van der Waals surface area contributed by atoms with E-state index in [-0.39, 0.29) is 11.9 Å². The summed E-state index contributed by atoms with van der Waals surface area (Å²) in [6.07, 6.45) is 1.01. The van der Waals surface area contributed by atoms with E-state index in [1.165, 1.54) is 12.1 Å². The third kappa shape index (κ3) is 3.96. The zero-order chi connectivity index (χ0) is 15.2. The van der Waals surface area contributed by atoms with Crippen molar-refractivity contribution in [1.29, 1.82) is 0 Å². The van der Waals surface area contributed by atoms with Gasteiger partial charge in [0.05, 0.1) is 13.2 Å². The third-order valence-corrected chi connectivity index (χ3v) is 3.65. The fourth-order valence-electron chi connectivity index (χ4n) is 2.23. The third-order valence-electron chi connectivity index (χ3n) is 3.32. The highest BCUT2D eigenvalue weighted by Crippen LogP contribution is 2.30. The second-order valence-electron chi connectivity index (χ2n) is 4.83. The fraction of sp³-hybridized carbons (Fsp3) is 0.294. The van der Waals surface area contributed by atoms with Gasteiger partial charge in [-0.25, -0.2) is 4.39 Å². The Kier molecular flexibility index (Phi) is 5.59. The summed E-state index contributed by atoms with van der Waals surface area (Å²) in [7, 11) is 1.64. The Bertz CT molecular complexity index is 586. The molecule has 0 fully saturated rings. The van der Waals surface area contributed by atoms with Gasteiger partial charge in [-0.1, -0.05) is 36.7 Å². The van der Waals surface area contributed by atoms with Gasteiger partial charge in [0, 0.05) is 5.02 Å². The van der Waals surface area contributed by atoms with Gasteiger partial charge >= 0.3 is 0 Å². The number of methoxy groups -OCH3 is 1. The van der Waals surface area contributed by atoms with Crippen molar-refractivity contribution in [2.75, 3.05) is 13.7 Å². The minimum absolute atomic E-state index is 0.0658. The number of nitrogens with one attached hydrogen (secondary N) is 1. The first-order chi connectivity index (χ1) is 10.2. The van der Waals surface area contributed by atoms with E-state index in [9.17, 15) is 4.39 Å². The smallest absolute Gasteiger partial charge is 0.124 e. The summed E-state index contributed by atoms with van der Waals surface area (Å²) in [5, 5.41) is 3.88. The average molecular weight is 308 g/mol. The first kappa shape index (κ1) is 15.8. The first-order valence-electron chi connectivity index (χ1n) is 6.98. The predicted molar refractivity (Wildman–Crippen MR) is 84.5 cm³/mol. The van der Waals surface area contributed by atoms with E-state index in [4.69, 9.17) is 16.3 Å². The standard InChI is InChI=1S/C17H19ClFNO/c1-3-10-20-17(12-4-7-14(21-2)8-5-12)15-9-6-13(19)11-16(15)18/h4-9,11,17,20H,3,10H2,1-2H3. The normalized spacial score (nSPS) is 12.2. The maximum absolute atomic E-state index is 13.2. The van der Waals surface area contributed by atoms with E-state index in [1.807, 2.05) is 24.3 Å². The molecule has 0 aromatic heterocycles. The molecule has 1 atom stereocenters. The number of benzene rings is 2. The molecule has 0 aliphatic heterocycles. The van der Waals surface area contributed by atoms with Gasteiger partial charge in [-0.3, -0.25) is 0 Å². The van der Waals surface area contributed by atoms with Crippen LogP contribution in [0.2, 0.25) is 5.02 Å². The van der Waals surface area contributed by atoms with Crippen LogP contribution in [0.15, 0.2) is 42.5 Å². The SMILES string of the molecule is CCCNC(c1ccc(OC)cc1)c1ccc(F)cc1Cl. The Morgan fingerprint density at radius 2 is 1.90 bits per heavy atom. The number of hydrogen-bond acceptors (Lipinski definition) is 2. The van der Waals surface area contributed by atoms with Gasteiger partial charge < -0.3 is 10.1 Å². The Labute approximate surface area is 129 Å². The zero-order valence-corrected chi connectivity index (χ0v) is 13.0. The van der Waals surface area contributed by atoms with Crippen LogP contribution in [0.25, 0.3) is 0 Å². The van der Waals surface area contributed by atoms with Gasteiger partial charge in [-0.2, -0.15) is 0 Å². The Hall–Kier alpha value is -1.58. The molecule has 21 heavy (non-hydrogen) atoms. The maximum atomic E-state index is 13.2. The number of hydrogen-bond donors (Lipinski definition) is 1. The Morgan fingerprint density at radius 1 is 1.19 bits per heavy atom. The lowest BCUT2D eigenvalue weighted by molar-refractivity contribution is 0.414. The second kappa shape index (κ2) is 7.43. The molecule has 112 valence electrons. The fourth-order valence-corrected chi connectivity index (χ4v) is 2.50. The number of rotatable bonds is 6. The Morgan fingerprint density at radius 3 is 2.48 bits per heavy atom. The predicted octanol–water partition coefficient (Wildman–Crippen LogP) is 4.58. The molecule has 0 saturated carbocycles. The van der Waals surface area contributed by atoms with Gasteiger partial charge in [0.25, 0.3) is 0 Å². The van der Waals surface area contributed by atoms with Crippen LogP contribution in [0.3, 0.4) is 0 Å². The van der Waals surface area contributed by atoms with Crippen LogP contribution >= 0.6 is 11.6 Å². The molecule has 0 aliphatic carbocycles. The van der Waals surface area contributed by atoms with E-state index >= 15 is 0 Å². The van der Waals surface area contributed by atoms with Gasteiger partial charge in [-0.15, -0.1) is 0 Å². The molecule has 4 heteroatoms. The van der Waals surface area contributed by atoms with Crippen LogP contribution in [0.4, 0.5) is 4.39 Å². The molecule has 0 heterocycles. The molecule has 2 nitrogen and oxygen atoms in total. The number of halogens is 2. The quantitative estimate of drug-likeness (QED) is 0.843. The molecule has 1 N–H and O–H groups in total.